The predicted molar refractivity (Wildman–Crippen MR) is 76.5 cm³/mol. The number of nitrogens with zero attached hydrogens (tertiary/aromatic N) is 2. The maximum atomic E-state index is 7.31. The van der Waals surface area contributed by atoms with Crippen molar-refractivity contribution in [1.82, 2.24) is 4.98 Å². The van der Waals surface area contributed by atoms with Gasteiger partial charge < -0.3 is 10.6 Å². The Morgan fingerprint density at radius 1 is 1.53 bits per heavy atom. The summed E-state index contributed by atoms with van der Waals surface area (Å²) in [6, 6.07) is 2.55. The van der Waals surface area contributed by atoms with Crippen molar-refractivity contribution in [3.05, 3.63) is 21.2 Å². The molecule has 1 aliphatic rings. The van der Waals surface area contributed by atoms with E-state index in [1.807, 2.05) is 6.07 Å². The maximum absolute atomic E-state index is 7.31. The minimum atomic E-state index is 0.226. The lowest BCUT2D eigenvalue weighted by Gasteiger charge is -2.24. The van der Waals surface area contributed by atoms with Gasteiger partial charge in [-0.1, -0.05) is 0 Å². The van der Waals surface area contributed by atoms with E-state index in [1.54, 1.807) is 6.20 Å². The van der Waals surface area contributed by atoms with Gasteiger partial charge in [0, 0.05) is 29.7 Å². The number of nitrogens with two attached hydrogens (primary N) is 1. The van der Waals surface area contributed by atoms with Crippen LogP contribution in [0, 0.1) is 5.41 Å². The average molecular weight is 362 g/mol. The van der Waals surface area contributed by atoms with Gasteiger partial charge >= 0.3 is 0 Å². The summed E-state index contributed by atoms with van der Waals surface area (Å²) in [4.78, 5) is 6.67. The minimum absolute atomic E-state index is 0.226. The monoisotopic (exact) mass is 360 g/mol. The van der Waals surface area contributed by atoms with Crippen LogP contribution in [0.1, 0.15) is 19.3 Å². The molecule has 92 valence electrons. The van der Waals surface area contributed by atoms with E-state index in [2.05, 4.69) is 41.7 Å². The van der Waals surface area contributed by atoms with E-state index in [0.29, 0.717) is 12.5 Å². The molecule has 1 aliphatic carbocycles. The predicted octanol–water partition coefficient (Wildman–Crippen LogP) is 2.90. The fourth-order valence-electron chi connectivity index (χ4n) is 1.71. The second kappa shape index (κ2) is 5.35. The van der Waals surface area contributed by atoms with Gasteiger partial charge in [-0.15, -0.1) is 0 Å². The van der Waals surface area contributed by atoms with Gasteiger partial charge in [-0.3, -0.25) is 5.41 Å². The molecule has 0 aliphatic heterocycles. The third kappa shape index (κ3) is 3.42. The number of nitrogens with one attached hydrogen (secondary N) is 1. The van der Waals surface area contributed by atoms with Gasteiger partial charge in [0.2, 0.25) is 0 Å². The van der Waals surface area contributed by atoms with Crippen LogP contribution in [0.25, 0.3) is 0 Å². The fraction of sp³-hybridized carbons (Fsp3) is 0.455. The highest BCUT2D eigenvalue weighted by Crippen LogP contribution is 2.35. The average Bonchev–Trinajstić information content (AvgIpc) is 3.04. The standard InChI is InChI=1S/C11H14Br2N4/c12-7-5-9(13)11(16-6-7)17(8-1-2-8)4-3-10(14)15/h5-6,8H,1-4H2,(H3,14,15). The minimum Gasteiger partial charge on any atom is -0.388 e. The first-order valence-electron chi connectivity index (χ1n) is 5.48. The van der Waals surface area contributed by atoms with Crippen molar-refractivity contribution in [2.75, 3.05) is 11.4 Å². The number of amidine groups is 1. The highest BCUT2D eigenvalue weighted by Gasteiger charge is 2.30. The fourth-order valence-corrected chi connectivity index (χ4v) is 2.92. The molecule has 1 aromatic heterocycles. The Balaban J connectivity index is 2.17. The topological polar surface area (TPSA) is 66.0 Å². The van der Waals surface area contributed by atoms with Crippen LogP contribution in [0.3, 0.4) is 0 Å². The highest BCUT2D eigenvalue weighted by molar-refractivity contribution is 9.11. The van der Waals surface area contributed by atoms with Gasteiger partial charge in [-0.05, 0) is 50.8 Å². The third-order valence-electron chi connectivity index (χ3n) is 2.67. The second-order valence-corrected chi connectivity index (χ2v) is 5.93. The molecule has 6 heteroatoms. The summed E-state index contributed by atoms with van der Waals surface area (Å²) in [7, 11) is 0. The van der Waals surface area contributed by atoms with Crippen LogP contribution in [-0.2, 0) is 0 Å². The van der Waals surface area contributed by atoms with Gasteiger partial charge in [0.15, 0.2) is 0 Å². The molecular formula is C11H14Br2N4. The Labute approximate surface area is 117 Å². The van der Waals surface area contributed by atoms with Crippen molar-refractivity contribution >= 4 is 43.5 Å². The highest BCUT2D eigenvalue weighted by atomic mass is 79.9. The first-order chi connectivity index (χ1) is 8.08. The number of aromatic nitrogens is 1. The molecule has 0 atom stereocenters. The van der Waals surface area contributed by atoms with Crippen molar-refractivity contribution in [1.29, 1.82) is 5.41 Å². The van der Waals surface area contributed by atoms with Crippen molar-refractivity contribution < 1.29 is 0 Å². The first-order valence-corrected chi connectivity index (χ1v) is 7.07. The van der Waals surface area contributed by atoms with E-state index < -0.39 is 0 Å². The molecule has 17 heavy (non-hydrogen) atoms. The molecule has 1 fully saturated rings. The lowest BCUT2D eigenvalue weighted by molar-refractivity contribution is 0.779. The van der Waals surface area contributed by atoms with Gasteiger partial charge in [-0.2, -0.15) is 0 Å². The van der Waals surface area contributed by atoms with Gasteiger partial charge in [-0.25, -0.2) is 4.98 Å². The summed E-state index contributed by atoms with van der Waals surface area (Å²) in [5.41, 5.74) is 5.42. The van der Waals surface area contributed by atoms with Crippen LogP contribution in [0.2, 0.25) is 0 Å². The van der Waals surface area contributed by atoms with Crippen LogP contribution in [0.15, 0.2) is 21.2 Å². The molecule has 2 rings (SSSR count). The Bertz CT molecular complexity index is 431. The van der Waals surface area contributed by atoms with Gasteiger partial charge in [0.05, 0.1) is 10.3 Å². The Kier molecular flexibility index (Phi) is 4.04. The zero-order chi connectivity index (χ0) is 12.4. The van der Waals surface area contributed by atoms with Crippen molar-refractivity contribution in [3.8, 4) is 0 Å². The smallest absolute Gasteiger partial charge is 0.143 e. The van der Waals surface area contributed by atoms with Crippen molar-refractivity contribution in [2.45, 2.75) is 25.3 Å². The number of rotatable bonds is 5. The summed E-state index contributed by atoms with van der Waals surface area (Å²) in [6.45, 7) is 0.757. The maximum Gasteiger partial charge on any atom is 0.143 e. The molecule has 0 unspecified atom stereocenters. The molecule has 0 spiro atoms. The lowest BCUT2D eigenvalue weighted by atomic mass is 10.3. The number of pyridine rings is 1. The number of hydrogen-bond acceptors (Lipinski definition) is 3. The van der Waals surface area contributed by atoms with Crippen LogP contribution < -0.4 is 10.6 Å². The molecule has 3 N–H and O–H groups in total. The van der Waals surface area contributed by atoms with Crippen molar-refractivity contribution in [3.63, 3.8) is 0 Å². The molecule has 0 saturated heterocycles. The molecule has 1 heterocycles. The first kappa shape index (κ1) is 12.8. The van der Waals surface area contributed by atoms with Gasteiger partial charge in [0.1, 0.15) is 5.82 Å². The second-order valence-electron chi connectivity index (χ2n) is 4.16. The van der Waals surface area contributed by atoms with E-state index in [-0.39, 0.29) is 5.84 Å². The van der Waals surface area contributed by atoms with E-state index in [0.717, 1.165) is 21.3 Å². The molecule has 0 amide bonds. The number of hydrogen-bond donors (Lipinski definition) is 2. The van der Waals surface area contributed by atoms with Crippen LogP contribution in [0.4, 0.5) is 5.82 Å². The van der Waals surface area contributed by atoms with Crippen LogP contribution in [0.5, 0.6) is 0 Å². The SMILES string of the molecule is N=C(N)CCN(c1ncc(Br)cc1Br)C1CC1. The van der Waals surface area contributed by atoms with Crippen LogP contribution in [-0.4, -0.2) is 23.4 Å². The summed E-state index contributed by atoms with van der Waals surface area (Å²) in [6.07, 6.45) is 4.77. The molecule has 0 aromatic carbocycles. The quantitative estimate of drug-likeness (QED) is 0.626. The zero-order valence-electron chi connectivity index (χ0n) is 9.29. The number of halogens is 2. The molecule has 4 nitrogen and oxygen atoms in total. The Morgan fingerprint density at radius 2 is 2.24 bits per heavy atom. The zero-order valence-corrected chi connectivity index (χ0v) is 12.5. The van der Waals surface area contributed by atoms with E-state index >= 15 is 0 Å². The molecule has 0 bridgehead atoms. The summed E-state index contributed by atoms with van der Waals surface area (Å²) in [5.74, 6) is 1.17. The third-order valence-corrected chi connectivity index (χ3v) is 3.69. The normalized spacial score (nSPS) is 14.7. The summed E-state index contributed by atoms with van der Waals surface area (Å²) in [5, 5.41) is 7.31. The largest absolute Gasteiger partial charge is 0.388 e. The van der Waals surface area contributed by atoms with Gasteiger partial charge in [0.25, 0.3) is 0 Å². The van der Waals surface area contributed by atoms with Crippen molar-refractivity contribution in [2.24, 2.45) is 5.73 Å². The molecule has 0 radical (unpaired) electrons. The van der Waals surface area contributed by atoms with Crippen LogP contribution >= 0.6 is 31.9 Å². The summed E-state index contributed by atoms with van der Waals surface area (Å²) < 4.78 is 1.93. The summed E-state index contributed by atoms with van der Waals surface area (Å²) >= 11 is 6.93. The Morgan fingerprint density at radius 3 is 2.76 bits per heavy atom. The Hall–Kier alpha value is -0.620. The lowest BCUT2D eigenvalue weighted by Crippen LogP contribution is -2.30. The molecule has 1 aromatic rings. The molecule has 1 saturated carbocycles. The number of anilines is 1. The molecular weight excluding hydrogens is 348 g/mol. The van der Waals surface area contributed by atoms with E-state index in [9.17, 15) is 0 Å². The van der Waals surface area contributed by atoms with E-state index in [4.69, 9.17) is 11.1 Å². The van der Waals surface area contributed by atoms with E-state index in [1.165, 1.54) is 12.8 Å².